The van der Waals surface area contributed by atoms with Gasteiger partial charge in [-0.1, -0.05) is 50.3 Å². The van der Waals surface area contributed by atoms with E-state index >= 15 is 0 Å². The minimum Gasteiger partial charge on any atom is -0.0750 e. The normalized spacial score (nSPS) is 17.7. The molecule has 0 nitrogen and oxygen atoms in total. The molecule has 0 heterocycles. The van der Waals surface area contributed by atoms with Crippen molar-refractivity contribution in [1.82, 2.24) is 0 Å². The molecule has 3 rings (SSSR count). The molecule has 0 unspecified atom stereocenters. The average molecular weight is 222 g/mol. The van der Waals surface area contributed by atoms with Gasteiger partial charge in [0.05, 0.1) is 0 Å². The Kier molecular flexibility index (Phi) is 2.16. The van der Waals surface area contributed by atoms with Gasteiger partial charge in [0.1, 0.15) is 0 Å². The zero-order chi connectivity index (χ0) is 12.0. The molecule has 0 heteroatoms. The molecule has 0 saturated carbocycles. The molecule has 0 atom stereocenters. The molecule has 0 radical (unpaired) electrons. The Labute approximate surface area is 103 Å². The van der Waals surface area contributed by atoms with Crippen molar-refractivity contribution in [3.8, 4) is 0 Å². The van der Waals surface area contributed by atoms with Crippen molar-refractivity contribution in [2.45, 2.75) is 27.2 Å². The number of fused-ring (bicyclic) bond motifs is 2. The van der Waals surface area contributed by atoms with Crippen LogP contribution < -0.4 is 0 Å². The summed E-state index contributed by atoms with van der Waals surface area (Å²) in [6.07, 6.45) is 3.55. The molecule has 1 aliphatic rings. The molecule has 0 aliphatic heterocycles. The van der Waals surface area contributed by atoms with E-state index in [-0.39, 0.29) is 0 Å². The van der Waals surface area contributed by atoms with Gasteiger partial charge in [-0.25, -0.2) is 0 Å². The van der Waals surface area contributed by atoms with Crippen LogP contribution in [0.25, 0.3) is 16.3 Å². The number of benzene rings is 2. The quantitative estimate of drug-likeness (QED) is 0.599. The summed E-state index contributed by atoms with van der Waals surface area (Å²) in [4.78, 5) is 0. The molecule has 1 aliphatic carbocycles. The lowest BCUT2D eigenvalue weighted by Gasteiger charge is -2.29. The molecule has 17 heavy (non-hydrogen) atoms. The summed E-state index contributed by atoms with van der Waals surface area (Å²) in [5.41, 5.74) is 4.64. The van der Waals surface area contributed by atoms with Gasteiger partial charge in [0, 0.05) is 0 Å². The van der Waals surface area contributed by atoms with Crippen LogP contribution in [0.5, 0.6) is 0 Å². The Balaban J connectivity index is 2.28. The van der Waals surface area contributed by atoms with Crippen LogP contribution in [0.4, 0.5) is 0 Å². The van der Waals surface area contributed by atoms with Crippen LogP contribution in [-0.4, -0.2) is 0 Å². The topological polar surface area (TPSA) is 0 Å². The van der Waals surface area contributed by atoms with Crippen molar-refractivity contribution in [3.63, 3.8) is 0 Å². The fourth-order valence-electron chi connectivity index (χ4n) is 3.01. The smallest absolute Gasteiger partial charge is 0.0128 e. The van der Waals surface area contributed by atoms with E-state index in [1.165, 1.54) is 27.5 Å². The van der Waals surface area contributed by atoms with E-state index < -0.39 is 0 Å². The Morgan fingerprint density at radius 2 is 1.65 bits per heavy atom. The average Bonchev–Trinajstić information content (AvgIpc) is 2.25. The van der Waals surface area contributed by atoms with Crippen molar-refractivity contribution in [2.75, 3.05) is 0 Å². The lowest BCUT2D eigenvalue weighted by Crippen LogP contribution is -2.17. The molecule has 0 bridgehead atoms. The standard InChI is InChI=1S/C17H18/c1-12-10-17(2,3)11-15-8-13-6-4-5-7-14(13)9-16(12)15/h4-10H,11H2,1-3H3. The van der Waals surface area contributed by atoms with E-state index in [4.69, 9.17) is 0 Å². The highest BCUT2D eigenvalue weighted by atomic mass is 14.3. The first kappa shape index (κ1) is 10.6. The second kappa shape index (κ2) is 3.46. The third-order valence-electron chi connectivity index (χ3n) is 3.65. The first-order valence-corrected chi connectivity index (χ1v) is 6.27. The van der Waals surface area contributed by atoms with Crippen molar-refractivity contribution >= 4 is 16.3 Å². The lowest BCUT2D eigenvalue weighted by molar-refractivity contribution is 0.473. The van der Waals surface area contributed by atoms with E-state index in [0.717, 1.165) is 6.42 Å². The fraction of sp³-hybridized carbons (Fsp3) is 0.294. The maximum Gasteiger partial charge on any atom is -0.0128 e. The summed E-state index contributed by atoms with van der Waals surface area (Å²) < 4.78 is 0. The third kappa shape index (κ3) is 1.78. The van der Waals surface area contributed by atoms with Gasteiger partial charge in [0.2, 0.25) is 0 Å². The summed E-state index contributed by atoms with van der Waals surface area (Å²) in [5.74, 6) is 0. The molecular formula is C17H18. The van der Waals surface area contributed by atoms with Gasteiger partial charge in [-0.3, -0.25) is 0 Å². The molecule has 86 valence electrons. The number of rotatable bonds is 0. The minimum atomic E-state index is 0.291. The molecule has 0 saturated heterocycles. The van der Waals surface area contributed by atoms with Crippen LogP contribution in [-0.2, 0) is 6.42 Å². The monoisotopic (exact) mass is 222 g/mol. The van der Waals surface area contributed by atoms with Crippen LogP contribution in [0, 0.1) is 5.41 Å². The predicted molar refractivity (Wildman–Crippen MR) is 75.1 cm³/mol. The highest BCUT2D eigenvalue weighted by molar-refractivity contribution is 5.88. The lowest BCUT2D eigenvalue weighted by atomic mass is 9.76. The predicted octanol–water partition coefficient (Wildman–Crippen LogP) is 4.83. The largest absolute Gasteiger partial charge is 0.0750 e. The van der Waals surface area contributed by atoms with Crippen LogP contribution in [0.2, 0.25) is 0 Å². The fourth-order valence-corrected chi connectivity index (χ4v) is 3.01. The highest BCUT2D eigenvalue weighted by Gasteiger charge is 2.23. The maximum absolute atomic E-state index is 2.41. The number of hydrogen-bond acceptors (Lipinski definition) is 0. The summed E-state index contributed by atoms with van der Waals surface area (Å²) in [6, 6.07) is 13.3. The maximum atomic E-state index is 2.41. The summed E-state index contributed by atoms with van der Waals surface area (Å²) >= 11 is 0. The van der Waals surface area contributed by atoms with Crippen molar-refractivity contribution in [1.29, 1.82) is 0 Å². The van der Waals surface area contributed by atoms with Gasteiger partial charge < -0.3 is 0 Å². The van der Waals surface area contributed by atoms with Gasteiger partial charge in [0.25, 0.3) is 0 Å². The Morgan fingerprint density at radius 3 is 2.35 bits per heavy atom. The van der Waals surface area contributed by atoms with Crippen molar-refractivity contribution in [3.05, 3.63) is 53.6 Å². The van der Waals surface area contributed by atoms with Gasteiger partial charge in [-0.2, -0.15) is 0 Å². The van der Waals surface area contributed by atoms with Crippen LogP contribution in [0.15, 0.2) is 42.5 Å². The molecule has 0 fully saturated rings. The van der Waals surface area contributed by atoms with Crippen molar-refractivity contribution in [2.24, 2.45) is 5.41 Å². The van der Waals surface area contributed by atoms with Gasteiger partial charge >= 0.3 is 0 Å². The first-order chi connectivity index (χ1) is 8.05. The third-order valence-corrected chi connectivity index (χ3v) is 3.65. The Morgan fingerprint density at radius 1 is 1.00 bits per heavy atom. The summed E-state index contributed by atoms with van der Waals surface area (Å²) in [6.45, 7) is 6.86. The molecule has 0 N–H and O–H groups in total. The van der Waals surface area contributed by atoms with Gasteiger partial charge in [0.15, 0.2) is 0 Å². The van der Waals surface area contributed by atoms with E-state index in [9.17, 15) is 0 Å². The molecule has 0 spiro atoms. The summed E-state index contributed by atoms with van der Waals surface area (Å²) in [5, 5.41) is 2.70. The number of allylic oxidation sites excluding steroid dienone is 2. The van der Waals surface area contributed by atoms with Gasteiger partial charge in [-0.15, -0.1) is 0 Å². The Hall–Kier alpha value is -1.56. The van der Waals surface area contributed by atoms with Gasteiger partial charge in [-0.05, 0) is 52.3 Å². The van der Waals surface area contributed by atoms with Crippen molar-refractivity contribution < 1.29 is 0 Å². The van der Waals surface area contributed by atoms with E-state index in [0.29, 0.717) is 5.41 Å². The second-order valence-corrected chi connectivity index (χ2v) is 5.85. The number of hydrogen-bond donors (Lipinski definition) is 0. The van der Waals surface area contributed by atoms with Crippen LogP contribution in [0.1, 0.15) is 31.9 Å². The zero-order valence-electron chi connectivity index (χ0n) is 10.7. The SMILES string of the molecule is CC1=CC(C)(C)Cc2cc3ccccc3cc21. The molecular weight excluding hydrogens is 204 g/mol. The van der Waals surface area contributed by atoms with Crippen LogP contribution >= 0.6 is 0 Å². The minimum absolute atomic E-state index is 0.291. The summed E-state index contributed by atoms with van der Waals surface area (Å²) in [7, 11) is 0. The highest BCUT2D eigenvalue weighted by Crippen LogP contribution is 2.37. The van der Waals surface area contributed by atoms with E-state index in [1.807, 2.05) is 0 Å². The molecule has 0 amide bonds. The van der Waals surface area contributed by atoms with E-state index in [2.05, 4.69) is 63.2 Å². The molecule has 0 aromatic heterocycles. The zero-order valence-corrected chi connectivity index (χ0v) is 10.7. The first-order valence-electron chi connectivity index (χ1n) is 6.27. The molecule has 2 aromatic carbocycles. The van der Waals surface area contributed by atoms with Crippen LogP contribution in [0.3, 0.4) is 0 Å². The Bertz CT molecular complexity index is 615. The van der Waals surface area contributed by atoms with E-state index in [1.54, 1.807) is 0 Å². The second-order valence-electron chi connectivity index (χ2n) is 5.85. The molecule has 2 aromatic rings.